The Morgan fingerprint density at radius 1 is 1.24 bits per heavy atom. The first kappa shape index (κ1) is 30.9. The minimum absolute atomic E-state index is 0.0253. The van der Waals surface area contributed by atoms with Gasteiger partial charge < -0.3 is 28.9 Å². The van der Waals surface area contributed by atoms with Crippen LogP contribution in [0.15, 0.2) is 43.0 Å². The molecule has 3 aromatic rings. The Labute approximate surface area is 252 Å². The summed E-state index contributed by atoms with van der Waals surface area (Å²) in [7, 11) is 1.45. The van der Waals surface area contributed by atoms with Crippen molar-refractivity contribution in [2.45, 2.75) is 91.0 Å². The van der Waals surface area contributed by atoms with Gasteiger partial charge in [0.15, 0.2) is 23.2 Å². The highest BCUT2D eigenvalue weighted by Crippen LogP contribution is 2.50. The molecule has 42 heavy (non-hydrogen) atoms. The number of nitrogens with zero attached hydrogens (tertiary/aromatic N) is 5. The molecule has 2 aromatic heterocycles. The second-order valence-corrected chi connectivity index (χ2v) is 11.6. The van der Waals surface area contributed by atoms with Crippen molar-refractivity contribution in [3.63, 3.8) is 0 Å². The second-order valence-electron chi connectivity index (χ2n) is 10.2. The van der Waals surface area contributed by atoms with Crippen LogP contribution in [0.25, 0.3) is 11.2 Å². The third kappa shape index (κ3) is 7.87. The van der Waals surface area contributed by atoms with E-state index in [4.69, 9.17) is 21.3 Å². The van der Waals surface area contributed by atoms with Crippen LogP contribution < -0.4 is 5.32 Å². The number of imidazole rings is 1. The summed E-state index contributed by atoms with van der Waals surface area (Å²) in [6.07, 6.45) is 2.53. The predicted octanol–water partition coefficient (Wildman–Crippen LogP) is 5.17. The lowest BCUT2D eigenvalue weighted by atomic mass is 10.1. The highest BCUT2D eigenvalue weighted by molar-refractivity contribution is 7.44. The molecular formula is C29H45N6O6P. The number of fused-ring (bicyclic) bond motifs is 1. The van der Waals surface area contributed by atoms with Crippen LogP contribution in [-0.4, -0.2) is 87.9 Å². The van der Waals surface area contributed by atoms with Crippen molar-refractivity contribution in [2.24, 2.45) is 0 Å². The molecule has 1 amide bonds. The third-order valence-electron chi connectivity index (χ3n) is 6.62. The van der Waals surface area contributed by atoms with Crippen molar-refractivity contribution in [3.05, 3.63) is 48.5 Å². The number of ether oxygens (including phenoxy) is 2. The topological polar surface area (TPSA) is 133 Å². The maximum atomic E-state index is 12.8. The van der Waals surface area contributed by atoms with Gasteiger partial charge in [0, 0.05) is 33.2 Å². The van der Waals surface area contributed by atoms with Crippen LogP contribution in [0.4, 0.5) is 5.82 Å². The highest BCUT2D eigenvalue weighted by Gasteiger charge is 2.48. The van der Waals surface area contributed by atoms with Gasteiger partial charge in [-0.05, 0) is 53.1 Å². The lowest BCUT2D eigenvalue weighted by Gasteiger charge is -2.38. The molecule has 0 saturated carbocycles. The van der Waals surface area contributed by atoms with E-state index in [1.165, 1.54) is 13.4 Å². The summed E-state index contributed by atoms with van der Waals surface area (Å²) in [6, 6.07) is 9.27. The average molecular weight is 608 g/mol. The maximum absolute atomic E-state index is 12.8. The number of carbonyl (C=O) groups excluding carboxylic acids is 1. The molecule has 2 N–H and O–H groups in total. The first-order chi connectivity index (χ1) is 21.2. The van der Waals surface area contributed by atoms with Crippen LogP contribution >= 0.6 is 8.53 Å². The Morgan fingerprint density at radius 2 is 1.95 bits per heavy atom. The Kier molecular flexibility index (Phi) is 12.0. The van der Waals surface area contributed by atoms with Crippen LogP contribution in [-0.2, 0) is 18.5 Å². The zero-order chi connectivity index (χ0) is 32.2. The number of rotatable bonds is 13. The standard InChI is InChI=1S/C28H41N6O5P.CH4O/c1-8-9-15-37-40(34(18(2)3)19(4)5)39-23-20(6)38-28(24(23)36-7)33-17-31-22-25(29-16-30-26(22)33)32-27(35)21-13-11-10-12-14-21;1-2/h10-14,16-20,23-24,28H,8-9,15H2,1-7H3,(H,29,30,32,35);2H,1H3/i6D;2T. The van der Waals surface area contributed by atoms with E-state index in [0.717, 1.165) is 12.8 Å². The first-order valence-electron chi connectivity index (χ1n) is 15.2. The van der Waals surface area contributed by atoms with Gasteiger partial charge in [0.05, 0.1) is 19.0 Å². The van der Waals surface area contributed by atoms with Gasteiger partial charge in [-0.25, -0.2) is 19.6 Å². The molecular weight excluding hydrogens is 559 g/mol. The SMILES string of the molecule is [2H]CC1OC(n2cnc3c(NC(=O)c4ccccc4)ncnc32)C(OC)C1OP(OCCCC)N(C(C)C)C(C)C.[3H]OC. The second kappa shape index (κ2) is 16.3. The largest absolute Gasteiger partial charge is 0.400 e. The number of unbranched alkanes of at least 4 members (excludes halogenated alkanes) is 1. The number of benzene rings is 1. The minimum Gasteiger partial charge on any atom is -0.400 e. The number of carbonyl (C=O) groups is 1. The van der Waals surface area contributed by atoms with Crippen molar-refractivity contribution in [3.8, 4) is 0 Å². The smallest absolute Gasteiger partial charge is 0.259 e. The molecule has 5 unspecified atom stereocenters. The van der Waals surface area contributed by atoms with Gasteiger partial charge in [0.1, 0.15) is 18.5 Å². The molecule has 1 aliphatic rings. The summed E-state index contributed by atoms with van der Waals surface area (Å²) >= 11 is 0. The summed E-state index contributed by atoms with van der Waals surface area (Å²) < 4.78 is 43.3. The van der Waals surface area contributed by atoms with E-state index < -0.39 is 33.1 Å². The van der Waals surface area contributed by atoms with Gasteiger partial charge in [-0.2, -0.15) is 0 Å². The van der Waals surface area contributed by atoms with E-state index in [-0.39, 0.29) is 30.7 Å². The molecule has 5 atom stereocenters. The maximum Gasteiger partial charge on any atom is 0.259 e. The summed E-state index contributed by atoms with van der Waals surface area (Å²) in [4.78, 5) is 26.0. The van der Waals surface area contributed by atoms with Gasteiger partial charge in [0.2, 0.25) is 1.43 Å². The zero-order valence-electron chi connectivity index (χ0n) is 27.5. The fraction of sp³-hybridized carbons (Fsp3) is 0.586. The number of amides is 1. The van der Waals surface area contributed by atoms with Gasteiger partial charge in [-0.1, -0.05) is 31.5 Å². The van der Waals surface area contributed by atoms with Crippen LogP contribution in [0.1, 0.15) is 72.3 Å². The number of nitrogens with one attached hydrogen (secondary N) is 1. The normalized spacial score (nSPS) is 21.8. The van der Waals surface area contributed by atoms with Gasteiger partial charge in [-0.15, -0.1) is 0 Å². The third-order valence-corrected chi connectivity index (χ3v) is 8.74. The van der Waals surface area contributed by atoms with Gasteiger partial charge in [-0.3, -0.25) is 9.36 Å². The Morgan fingerprint density at radius 3 is 2.57 bits per heavy atom. The lowest BCUT2D eigenvalue weighted by Crippen LogP contribution is -2.39. The number of aliphatic hydroxyl groups excluding tert-OH is 1. The molecule has 1 aliphatic heterocycles. The molecule has 1 fully saturated rings. The van der Waals surface area contributed by atoms with E-state index in [1.54, 1.807) is 42.3 Å². The zero-order valence-corrected chi connectivity index (χ0v) is 26.4. The van der Waals surface area contributed by atoms with Crippen LogP contribution in [0.2, 0.25) is 0 Å². The fourth-order valence-electron chi connectivity index (χ4n) is 4.72. The number of aromatic nitrogens is 4. The lowest BCUT2D eigenvalue weighted by molar-refractivity contribution is -0.0466. The van der Waals surface area contributed by atoms with E-state index in [2.05, 4.69) is 64.7 Å². The van der Waals surface area contributed by atoms with E-state index in [0.29, 0.717) is 23.3 Å². The summed E-state index contributed by atoms with van der Waals surface area (Å²) in [5, 5.41) is 6.33. The molecule has 4 rings (SSSR count). The fourth-order valence-corrected chi connectivity index (χ4v) is 6.53. The summed E-state index contributed by atoms with van der Waals surface area (Å²) in [5.41, 5.74) is 1.38. The molecule has 3 heterocycles. The van der Waals surface area contributed by atoms with Crippen LogP contribution in [0.3, 0.4) is 0 Å². The van der Waals surface area contributed by atoms with Crippen molar-refractivity contribution < 1.29 is 29.8 Å². The monoisotopic (exact) mass is 607 g/mol. The quantitative estimate of drug-likeness (QED) is 0.198. The van der Waals surface area contributed by atoms with Crippen molar-refractivity contribution in [1.29, 1.82) is 1.43 Å². The Balaban J connectivity index is 0.00000169. The number of aliphatic hydroxyl groups is 1. The number of hydrogen-bond donors (Lipinski definition) is 2. The van der Waals surface area contributed by atoms with Crippen molar-refractivity contribution >= 4 is 31.4 Å². The molecule has 13 heteroatoms. The molecule has 1 saturated heterocycles. The Hall–Kier alpha value is -2.57. The number of methoxy groups -OCH3 is 1. The first-order valence-corrected chi connectivity index (χ1v) is 15.2. The molecule has 1 aromatic carbocycles. The molecule has 0 radical (unpaired) electrons. The predicted molar refractivity (Wildman–Crippen MR) is 163 cm³/mol. The van der Waals surface area contributed by atoms with Gasteiger partial charge in [0.25, 0.3) is 14.4 Å². The highest BCUT2D eigenvalue weighted by atomic mass is 31.2. The molecule has 0 spiro atoms. The molecule has 0 aliphatic carbocycles. The minimum atomic E-state index is -1.45. The van der Waals surface area contributed by atoms with Crippen molar-refractivity contribution in [1.82, 2.24) is 24.2 Å². The molecule has 0 bridgehead atoms. The number of hydrogen-bond acceptors (Lipinski definition) is 10. The van der Waals surface area contributed by atoms with Crippen LogP contribution in [0, 0.1) is 0 Å². The average Bonchev–Trinajstić information content (AvgIpc) is 3.59. The summed E-state index contributed by atoms with van der Waals surface area (Å²) in [5.74, 6) is -0.0113. The molecule has 12 nitrogen and oxygen atoms in total. The van der Waals surface area contributed by atoms with Gasteiger partial charge >= 0.3 is 0 Å². The van der Waals surface area contributed by atoms with Crippen LogP contribution in [0.5, 0.6) is 0 Å². The van der Waals surface area contributed by atoms with E-state index in [1.807, 2.05) is 6.07 Å². The van der Waals surface area contributed by atoms with Crippen molar-refractivity contribution in [2.75, 3.05) is 26.1 Å². The van der Waals surface area contributed by atoms with E-state index >= 15 is 0 Å². The number of anilines is 1. The Bertz CT molecular complexity index is 1280. The van der Waals surface area contributed by atoms with E-state index in [9.17, 15) is 4.79 Å². The summed E-state index contributed by atoms with van der Waals surface area (Å²) in [6.45, 7) is 11.2. The molecule has 232 valence electrons.